The van der Waals surface area contributed by atoms with E-state index in [2.05, 4.69) is 35.8 Å². The highest BCUT2D eigenvalue weighted by atomic mass is 35.5. The number of carbonyl (C=O) groups excluding carboxylic acids is 3. The van der Waals surface area contributed by atoms with Crippen molar-refractivity contribution in [3.05, 3.63) is 75.1 Å². The van der Waals surface area contributed by atoms with Gasteiger partial charge in [0, 0.05) is 56.0 Å². The van der Waals surface area contributed by atoms with Gasteiger partial charge in [0.05, 0.1) is 50.1 Å². The number of rotatable bonds is 18. The Kier molecular flexibility index (Phi) is 17.2. The molecule has 5 aromatic rings. The summed E-state index contributed by atoms with van der Waals surface area (Å²) in [6.07, 6.45) is 1.30. The van der Waals surface area contributed by atoms with Gasteiger partial charge in [-0.2, -0.15) is 23.1 Å². The van der Waals surface area contributed by atoms with Crippen LogP contribution in [0.5, 0.6) is 6.01 Å². The van der Waals surface area contributed by atoms with Crippen molar-refractivity contribution in [2.75, 3.05) is 50.0 Å². The van der Waals surface area contributed by atoms with E-state index in [0.717, 1.165) is 85.8 Å². The first-order valence-electron chi connectivity index (χ1n) is 27.0. The number of likely N-dealkylation sites (tertiary alicyclic amines) is 2. The van der Waals surface area contributed by atoms with E-state index >= 15 is 4.39 Å². The zero-order valence-corrected chi connectivity index (χ0v) is 46.6. The fourth-order valence-corrected chi connectivity index (χ4v) is 12.7. The number of thiazole rings is 1. The number of ether oxygens (including phenoxy) is 1. The van der Waals surface area contributed by atoms with E-state index in [0.29, 0.717) is 25.3 Å². The molecule has 2 unspecified atom stereocenters. The van der Waals surface area contributed by atoms with Gasteiger partial charge in [0.2, 0.25) is 17.7 Å². The molecule has 2 bridgehead atoms. The van der Waals surface area contributed by atoms with Gasteiger partial charge in [-0.05, 0) is 107 Å². The minimum Gasteiger partial charge on any atom is -0.462 e. The fourth-order valence-electron chi connectivity index (χ4n) is 11.6. The van der Waals surface area contributed by atoms with Crippen LogP contribution in [0.15, 0.2) is 41.9 Å². The minimum absolute atomic E-state index is 0.00210. The van der Waals surface area contributed by atoms with E-state index in [-0.39, 0.29) is 95.3 Å². The molecule has 420 valence electrons. The van der Waals surface area contributed by atoms with Crippen molar-refractivity contribution in [3.8, 4) is 27.7 Å². The molecule has 0 saturated carbocycles. The Morgan fingerprint density at radius 1 is 0.974 bits per heavy atom. The standard InChI is InChI=1S/C56H70ClF4N11O5S/c1-30-22-42(62)66-48(45(30)56(59,60)61)44-40(57)24-39-47(46(44)58)68-54(69-51(39)71-25-35-18-19-36(26-71)65-35)77-28-37-12-11-21-70(37)20-10-8-7-9-13-43(74)67-50(55(4,5)6)53(76)72-27-38(73)23-41(72)52(75)64-31(2)33-14-16-34(17-15-33)49-32(3)63-29-78-49/h14-17,22,24,29,31,35-38,41,50,65,73H,7-13,18-21,23,25-28H2,1-6H3,(H2,62,66)(H,64,75)(H,67,74)/t31-,35?,36?,37-,38+,41-,50+/m0/s1. The molecule has 3 aromatic heterocycles. The number of benzene rings is 2. The van der Waals surface area contributed by atoms with Crippen molar-refractivity contribution in [3.63, 3.8) is 0 Å². The Morgan fingerprint density at radius 3 is 2.37 bits per heavy atom. The number of nitrogens with two attached hydrogens (primary N) is 1. The number of aryl methyl sites for hydroxylation is 2. The quantitative estimate of drug-likeness (QED) is 0.0411. The number of nitrogens with one attached hydrogen (secondary N) is 3. The van der Waals surface area contributed by atoms with Crippen LogP contribution in [-0.4, -0.2) is 128 Å². The number of piperazine rings is 1. The first-order valence-corrected chi connectivity index (χ1v) is 28.3. The van der Waals surface area contributed by atoms with Crippen LogP contribution in [0, 0.1) is 25.1 Å². The average molecular weight is 1120 g/mol. The van der Waals surface area contributed by atoms with Gasteiger partial charge in [-0.1, -0.05) is 69.5 Å². The molecule has 0 radical (unpaired) electrons. The summed E-state index contributed by atoms with van der Waals surface area (Å²) in [5.74, 6) is -1.97. The van der Waals surface area contributed by atoms with Gasteiger partial charge in [0.25, 0.3) is 0 Å². The van der Waals surface area contributed by atoms with E-state index < -0.39 is 58.3 Å². The second-order valence-corrected chi connectivity index (χ2v) is 23.9. The van der Waals surface area contributed by atoms with Crippen LogP contribution in [0.2, 0.25) is 5.02 Å². The molecule has 22 heteroatoms. The second-order valence-electron chi connectivity index (χ2n) is 22.6. The van der Waals surface area contributed by atoms with Crippen LogP contribution >= 0.6 is 22.9 Å². The highest BCUT2D eigenvalue weighted by molar-refractivity contribution is 7.13. The Bertz CT molecular complexity index is 3000. The van der Waals surface area contributed by atoms with E-state index in [4.69, 9.17) is 27.1 Å². The Labute approximate surface area is 461 Å². The lowest BCUT2D eigenvalue weighted by molar-refractivity contribution is -0.144. The van der Waals surface area contributed by atoms with Gasteiger partial charge >= 0.3 is 12.2 Å². The van der Waals surface area contributed by atoms with Crippen LogP contribution in [0.1, 0.15) is 120 Å². The van der Waals surface area contributed by atoms with Crippen LogP contribution in [0.3, 0.4) is 0 Å². The lowest BCUT2D eigenvalue weighted by Crippen LogP contribution is -2.57. The lowest BCUT2D eigenvalue weighted by Gasteiger charge is -2.35. The Morgan fingerprint density at radius 2 is 1.69 bits per heavy atom. The van der Waals surface area contributed by atoms with E-state index in [1.54, 1.807) is 11.3 Å². The molecule has 2 aromatic carbocycles. The maximum absolute atomic E-state index is 17.0. The van der Waals surface area contributed by atoms with Gasteiger partial charge in [0.1, 0.15) is 35.8 Å². The third-order valence-electron chi connectivity index (χ3n) is 15.7. The number of aliphatic hydroxyl groups is 1. The average Bonchev–Trinajstić information content (AvgIpc) is 4.31. The number of alkyl halides is 3. The Hall–Kier alpha value is -5.74. The summed E-state index contributed by atoms with van der Waals surface area (Å²) in [4.78, 5) is 65.9. The van der Waals surface area contributed by atoms with Gasteiger partial charge in [0.15, 0.2) is 5.82 Å². The number of anilines is 2. The molecular weight excluding hydrogens is 1050 g/mol. The minimum atomic E-state index is -4.88. The topological polar surface area (TPSA) is 204 Å². The molecule has 4 aliphatic heterocycles. The van der Waals surface area contributed by atoms with Crippen molar-refractivity contribution in [2.24, 2.45) is 5.41 Å². The predicted octanol–water partition coefficient (Wildman–Crippen LogP) is 8.93. The Balaban J connectivity index is 0.786. The van der Waals surface area contributed by atoms with Crippen molar-refractivity contribution in [1.29, 1.82) is 0 Å². The van der Waals surface area contributed by atoms with Gasteiger partial charge < -0.3 is 41.3 Å². The lowest BCUT2D eigenvalue weighted by atomic mass is 9.85. The monoisotopic (exact) mass is 1120 g/mol. The van der Waals surface area contributed by atoms with Crippen LogP contribution in [0.25, 0.3) is 32.6 Å². The van der Waals surface area contributed by atoms with Crippen LogP contribution < -0.4 is 31.3 Å². The zero-order valence-electron chi connectivity index (χ0n) is 45.0. The van der Waals surface area contributed by atoms with Gasteiger partial charge in [-0.15, -0.1) is 11.3 Å². The number of hydrogen-bond acceptors (Lipinski definition) is 14. The van der Waals surface area contributed by atoms with E-state index in [1.807, 2.05) is 69.3 Å². The molecule has 4 aliphatic rings. The number of β-amino-alcohol motifs (C(OH)–C–C–N with tert-alkyl or cyclic N) is 1. The molecule has 78 heavy (non-hydrogen) atoms. The third kappa shape index (κ3) is 12.6. The summed E-state index contributed by atoms with van der Waals surface area (Å²) in [6.45, 7) is 13.6. The zero-order chi connectivity index (χ0) is 55.8. The molecule has 7 heterocycles. The number of hydrogen-bond donors (Lipinski definition) is 5. The molecule has 16 nitrogen and oxygen atoms in total. The first-order chi connectivity index (χ1) is 37.0. The SMILES string of the molecule is Cc1cc(N)nc(-c2c(Cl)cc3c(N4CC5CCC(C4)N5)nc(OC[C@@H]4CCCN4CCCCCCC(=O)N[C@H](C(=O)N4C[C@H](O)C[C@H]4C(=O)N[C@@H](C)c4ccc(-c5scnc5C)cc4)C(C)(C)C)nc3c2F)c1C(F)(F)F. The highest BCUT2D eigenvalue weighted by Gasteiger charge is 2.45. The third-order valence-corrected chi connectivity index (χ3v) is 17.0. The predicted molar refractivity (Wildman–Crippen MR) is 294 cm³/mol. The van der Waals surface area contributed by atoms with E-state index in [9.17, 15) is 32.7 Å². The molecule has 0 spiro atoms. The summed E-state index contributed by atoms with van der Waals surface area (Å²) < 4.78 is 66.8. The molecule has 0 aliphatic carbocycles. The number of nitrogens with zero attached hydrogens (tertiary/aromatic N) is 7. The first kappa shape index (κ1) is 57.0. The summed E-state index contributed by atoms with van der Waals surface area (Å²) in [5.41, 5.74) is 7.04. The smallest absolute Gasteiger partial charge is 0.418 e. The largest absolute Gasteiger partial charge is 0.462 e. The molecular formula is C56H70ClF4N11O5S. The molecule has 6 N–H and O–H groups in total. The van der Waals surface area contributed by atoms with Crippen LogP contribution in [0.4, 0.5) is 29.2 Å². The number of aliphatic hydroxyl groups excluding tert-OH is 1. The fraction of sp³-hybridized carbons (Fsp3) is 0.554. The number of halogens is 5. The van der Waals surface area contributed by atoms with Crippen molar-refractivity contribution in [1.82, 2.24) is 45.7 Å². The highest BCUT2D eigenvalue weighted by Crippen LogP contribution is 2.45. The molecule has 7 atom stereocenters. The maximum Gasteiger partial charge on any atom is 0.418 e. The van der Waals surface area contributed by atoms with Crippen molar-refractivity contribution >= 4 is 63.2 Å². The van der Waals surface area contributed by atoms with Crippen molar-refractivity contribution in [2.45, 2.75) is 154 Å². The number of aromatic nitrogens is 4. The van der Waals surface area contributed by atoms with E-state index in [1.165, 1.54) is 17.9 Å². The van der Waals surface area contributed by atoms with Crippen molar-refractivity contribution < 1.29 is 41.8 Å². The summed E-state index contributed by atoms with van der Waals surface area (Å²) >= 11 is 8.26. The number of nitrogen functional groups attached to an aromatic ring is 1. The maximum atomic E-state index is 17.0. The number of pyridine rings is 1. The second kappa shape index (κ2) is 23.5. The number of carbonyl (C=O) groups is 3. The van der Waals surface area contributed by atoms with Gasteiger partial charge in [-0.25, -0.2) is 14.4 Å². The number of unbranched alkanes of at least 4 members (excludes halogenated alkanes) is 3. The molecule has 4 fully saturated rings. The molecule has 3 amide bonds. The molecule has 4 saturated heterocycles. The number of amides is 3. The normalized spacial score (nSPS) is 21.6. The summed E-state index contributed by atoms with van der Waals surface area (Å²) in [6, 6.07) is 8.49. The van der Waals surface area contributed by atoms with Gasteiger partial charge in [-0.3, -0.25) is 19.3 Å². The summed E-state index contributed by atoms with van der Waals surface area (Å²) in [7, 11) is 0. The number of fused-ring (bicyclic) bond motifs is 3. The summed E-state index contributed by atoms with van der Waals surface area (Å²) in [5, 5.41) is 20.3. The molecule has 9 rings (SSSR count). The van der Waals surface area contributed by atoms with Crippen LogP contribution in [-0.2, 0) is 20.6 Å².